The van der Waals surface area contributed by atoms with Gasteiger partial charge in [0.2, 0.25) is 41.5 Å². The van der Waals surface area contributed by atoms with Crippen molar-refractivity contribution in [1.82, 2.24) is 37.2 Å². The fourth-order valence-electron chi connectivity index (χ4n) is 11.8. The average Bonchev–Trinajstić information content (AvgIpc) is 1.48. The summed E-state index contributed by atoms with van der Waals surface area (Å²) in [4.78, 5) is 165. The molecule has 1 saturated heterocycles. The largest absolute Gasteiger partial charge is 0.507 e. The smallest absolute Gasteiger partial charge is 0.336 e. The van der Waals surface area contributed by atoms with Crippen LogP contribution in [0.3, 0.4) is 0 Å². The van der Waals surface area contributed by atoms with Crippen LogP contribution in [0.5, 0.6) is 23.0 Å². The molecule has 0 radical (unpaired) electrons. The number of hydrogen-bond donors (Lipinski definition) is 22. The van der Waals surface area contributed by atoms with Gasteiger partial charge >= 0.3 is 11.8 Å². The molecule has 6 rings (SSSR count). The molecule has 23 N–H and O–H groups in total. The second-order valence-electron chi connectivity index (χ2n) is 26.5. The van der Waals surface area contributed by atoms with Gasteiger partial charge in [-0.2, -0.15) is 0 Å². The molecule has 0 saturated carbocycles. The van der Waals surface area contributed by atoms with Gasteiger partial charge in [-0.3, -0.25) is 52.7 Å². The van der Waals surface area contributed by atoms with Gasteiger partial charge in [0.15, 0.2) is 17.6 Å². The minimum absolute atomic E-state index is 0.0990. The van der Waals surface area contributed by atoms with E-state index in [2.05, 4.69) is 26.6 Å². The number of fused-ring (bicyclic) bond motifs is 14. The molecule has 36 nitrogen and oxygen atoms in total. The number of aromatic hydroxyl groups is 3. The van der Waals surface area contributed by atoms with Crippen molar-refractivity contribution in [3.8, 4) is 23.0 Å². The standard InChI is InChI=1S/C66H94N10O26/c1-23(2)34-18-37(80)36(22-78)72-60(94)35(71-64(98)46(65(99)100)76-61(95)38(81)20-69-62(96)42(32(11)79)73-63(97)45(75-59(34)93)52(87)53(88)56(67)90)19-68-58(92)31(10)70-43-44-51(86)40-39(50(43)85)41-54(30(9)49(40)84)102-66(12,55(41)89)101-17-16-33(21-77)27(6)26(5)28(7)48(83)29(8)47(82)24(3)14-13-15-25(4)57(91)74-44/h13-17,23-24,26-29,31-36,38,42,45-48,52-53,70,77-79,81-88H,18-22H2,1-12H3,(H2,67,90)(H,68,92)(H,69,96)(H,71,98)(H,72,94)(H,73,97)(H,74,91)(H,75,93)(H,76,95)(H,99,100)/b14-13+,17-16+,25-15-/t24-,26+,27-,28-,29+,31?,32?,33+,34?,35?,36?,38?,42?,45?,46?,47-,48-,52?,53?,66-/m0/s1. The predicted molar refractivity (Wildman–Crippen MR) is 358 cm³/mol. The number of carbonyl (C=O) groups is 12. The quantitative estimate of drug-likeness (QED) is 0.0513. The Balaban J connectivity index is 1.62. The number of nitrogens with one attached hydrogen (secondary N) is 9. The Morgan fingerprint density at radius 1 is 0.706 bits per heavy atom. The third kappa shape index (κ3) is 18.7. The molecule has 102 heavy (non-hydrogen) atoms. The molecule has 2 aromatic rings. The molecule has 4 heterocycles. The topological polar surface area (TPSA) is 600 Å². The number of allylic oxidation sites excluding steroid dienone is 2. The number of primary amides is 1. The number of amides is 9. The van der Waals surface area contributed by atoms with Gasteiger partial charge in [-0.1, -0.05) is 66.7 Å². The Morgan fingerprint density at radius 2 is 1.32 bits per heavy atom. The summed E-state index contributed by atoms with van der Waals surface area (Å²) in [6.45, 7) is 13.4. The van der Waals surface area contributed by atoms with Crippen LogP contribution in [0, 0.1) is 54.3 Å². The SMILES string of the molecule is C/C1=C/C=C/[C@H](C)[C@H](O)[C@@H](C)[C@@H](O)[C@@H](C)[C@H](C)[C@H](C)[C@@H](CO)/C=C/O[C@@]2(C)Oc3c(C)c(O)c4c(O)c(c(NC(C)C(=O)NCC5NC(=O)C(C(=O)O)NC(=O)C(O)CNC(=O)C(C(C)O)NC(=O)C(C(O)C(O)C(N)=O)NC(=O)C(C(C)C)CC(=O)C(CO)NC5=O)c(O)c4c3C2=O)NC1=O. The summed E-state index contributed by atoms with van der Waals surface area (Å²) in [5.74, 6) is -28.6. The lowest BCUT2D eigenvalue weighted by molar-refractivity contribution is -0.148. The van der Waals surface area contributed by atoms with Crippen molar-refractivity contribution < 1.29 is 128 Å². The maximum atomic E-state index is 14.8. The number of benzene rings is 2. The summed E-state index contributed by atoms with van der Waals surface area (Å²) in [6.07, 6.45) is -5.83. The lowest BCUT2D eigenvalue weighted by atomic mass is 9.72. The number of nitrogens with two attached hydrogens (primary N) is 1. The third-order valence-corrected chi connectivity index (χ3v) is 19.0. The van der Waals surface area contributed by atoms with E-state index in [0.29, 0.717) is 0 Å². The predicted octanol–water partition coefficient (Wildman–Crippen LogP) is -4.22. The number of hydrogen-bond acceptors (Lipinski definition) is 26. The second kappa shape index (κ2) is 34.9. The Morgan fingerprint density at radius 3 is 1.90 bits per heavy atom. The number of ether oxygens (including phenoxy) is 2. The van der Waals surface area contributed by atoms with Gasteiger partial charge in [0.05, 0.1) is 48.7 Å². The van der Waals surface area contributed by atoms with E-state index in [4.69, 9.17) is 15.2 Å². The summed E-state index contributed by atoms with van der Waals surface area (Å²) in [5.41, 5.74) is 2.88. The van der Waals surface area contributed by atoms with E-state index in [-0.39, 0.29) is 28.7 Å². The lowest BCUT2D eigenvalue weighted by Gasteiger charge is -2.37. The summed E-state index contributed by atoms with van der Waals surface area (Å²) in [5, 5.41) is 152. The zero-order valence-electron chi connectivity index (χ0n) is 58.1. The van der Waals surface area contributed by atoms with Gasteiger partial charge < -0.3 is 124 Å². The first-order valence-corrected chi connectivity index (χ1v) is 32.7. The maximum Gasteiger partial charge on any atom is 0.336 e. The molecule has 0 aromatic heterocycles. The Bertz CT molecular complexity index is 3650. The van der Waals surface area contributed by atoms with E-state index in [0.717, 1.165) is 20.1 Å². The molecule has 0 spiro atoms. The number of carbonyl (C=O) groups excluding carboxylic acids is 11. The molecule has 0 aliphatic carbocycles. The number of rotatable bonds is 13. The summed E-state index contributed by atoms with van der Waals surface area (Å²) in [6, 6.07) is -13.4. The molecule has 4 aliphatic heterocycles. The van der Waals surface area contributed by atoms with Crippen molar-refractivity contribution in [2.75, 3.05) is 36.9 Å². The van der Waals surface area contributed by atoms with E-state index >= 15 is 0 Å². The van der Waals surface area contributed by atoms with Crippen LogP contribution in [0.4, 0.5) is 11.4 Å². The van der Waals surface area contributed by atoms with Crippen molar-refractivity contribution in [2.24, 2.45) is 53.1 Å². The summed E-state index contributed by atoms with van der Waals surface area (Å²) < 4.78 is 12.1. The number of carboxylic acids is 1. The number of β-amino-alcohol motifs (C(OH)–C–C–N with tert-alkyl or cyclic N) is 1. The van der Waals surface area contributed by atoms with Gasteiger partial charge in [0.25, 0.3) is 23.5 Å². The molecular weight excluding hydrogens is 1350 g/mol. The maximum absolute atomic E-state index is 14.8. The number of phenols is 3. The highest BCUT2D eigenvalue weighted by Crippen LogP contribution is 2.57. The molecule has 20 atom stereocenters. The highest BCUT2D eigenvalue weighted by atomic mass is 16.7. The van der Waals surface area contributed by atoms with Gasteiger partial charge in [-0.25, -0.2) is 4.79 Å². The van der Waals surface area contributed by atoms with Crippen LogP contribution in [-0.4, -0.2) is 237 Å². The van der Waals surface area contributed by atoms with Gasteiger partial charge in [-0.15, -0.1) is 0 Å². The van der Waals surface area contributed by atoms with Crippen LogP contribution in [0.2, 0.25) is 0 Å². The second-order valence-corrected chi connectivity index (χ2v) is 26.5. The van der Waals surface area contributed by atoms with Crippen LogP contribution >= 0.6 is 0 Å². The molecule has 1 fully saturated rings. The molecule has 9 amide bonds. The van der Waals surface area contributed by atoms with Crippen LogP contribution in [-0.2, 0) is 57.5 Å². The molecule has 36 heteroatoms. The van der Waals surface area contributed by atoms with Crippen LogP contribution < -0.4 is 58.3 Å². The van der Waals surface area contributed by atoms with E-state index < -0.39 is 263 Å². The van der Waals surface area contributed by atoms with Crippen LogP contribution in [0.1, 0.15) is 98.5 Å². The monoisotopic (exact) mass is 1440 g/mol. The minimum atomic E-state index is -2.76. The normalized spacial score (nSPS) is 31.2. The number of aliphatic hydroxyl groups excluding tert-OH is 8. The number of anilines is 2. The first-order chi connectivity index (χ1) is 47.5. The van der Waals surface area contributed by atoms with Crippen molar-refractivity contribution in [3.63, 3.8) is 0 Å². The highest BCUT2D eigenvalue weighted by molar-refractivity contribution is 6.24. The number of carboxylic acid groups (broad SMARTS) is 1. The number of aliphatic carboxylic acids is 1. The summed E-state index contributed by atoms with van der Waals surface area (Å²) >= 11 is 0. The number of Topliss-reactive ketones (excluding diaryl/α,β-unsaturated/α-hetero) is 2. The number of aliphatic hydroxyl groups is 8. The number of ketones is 2. The summed E-state index contributed by atoms with van der Waals surface area (Å²) in [7, 11) is 0. The van der Waals surface area contributed by atoms with E-state index in [1.807, 2.05) is 29.8 Å². The molecule has 4 aliphatic rings. The van der Waals surface area contributed by atoms with Gasteiger partial charge in [-0.05, 0) is 57.4 Å². The molecular formula is C66H94N10O26. The number of phenolic OH excluding ortho intramolecular Hbond substituents is 3. The van der Waals surface area contributed by atoms with Gasteiger partial charge in [0.1, 0.15) is 71.0 Å². The Labute approximate surface area is 584 Å². The lowest BCUT2D eigenvalue weighted by Crippen LogP contribution is -2.64. The third-order valence-electron chi connectivity index (χ3n) is 19.0. The zero-order chi connectivity index (χ0) is 77.2. The fourth-order valence-corrected chi connectivity index (χ4v) is 11.8. The molecule has 564 valence electrons. The van der Waals surface area contributed by atoms with E-state index in [1.54, 1.807) is 32.2 Å². The van der Waals surface area contributed by atoms with Crippen molar-refractivity contribution in [1.29, 1.82) is 0 Å². The first kappa shape index (κ1) is 83.1. The average molecular weight is 1440 g/mol. The van der Waals surface area contributed by atoms with Crippen molar-refractivity contribution >= 4 is 92.8 Å². The molecule has 11 unspecified atom stereocenters. The zero-order valence-corrected chi connectivity index (χ0v) is 58.1. The highest BCUT2D eigenvalue weighted by Gasteiger charge is 2.51. The van der Waals surface area contributed by atoms with E-state index in [9.17, 15) is 119 Å². The van der Waals surface area contributed by atoms with E-state index in [1.165, 1.54) is 52.8 Å². The van der Waals surface area contributed by atoms with Crippen LogP contribution in [0.15, 0.2) is 36.1 Å². The fraction of sp³-hybridized carbons (Fsp3) is 0.576. The Kier molecular flexibility index (Phi) is 28.4. The van der Waals surface area contributed by atoms with Crippen LogP contribution in [0.25, 0.3) is 10.8 Å². The van der Waals surface area contributed by atoms with Gasteiger partial charge in [0, 0.05) is 66.7 Å². The Hall–Kier alpha value is -9.56. The van der Waals surface area contributed by atoms with Crippen molar-refractivity contribution in [2.45, 2.75) is 168 Å². The minimum Gasteiger partial charge on any atom is -0.507 e. The van der Waals surface area contributed by atoms with Crippen molar-refractivity contribution in [3.05, 3.63) is 47.3 Å². The molecule has 5 bridgehead atoms. The molecule has 2 aromatic carbocycles. The first-order valence-electron chi connectivity index (χ1n) is 32.7.